The van der Waals surface area contributed by atoms with E-state index in [9.17, 15) is 9.90 Å². The number of carbonyl (C=O) groups excluding carboxylic acids is 1. The lowest BCUT2D eigenvalue weighted by Crippen LogP contribution is -2.52. The average molecular weight is 415 g/mol. The van der Waals surface area contributed by atoms with Crippen molar-refractivity contribution >= 4 is 5.91 Å². The fourth-order valence-electron chi connectivity index (χ4n) is 2.84. The highest BCUT2D eigenvalue weighted by Crippen LogP contribution is 2.19. The smallest absolute Gasteiger partial charge is 0.217 e. The third-order valence-corrected chi connectivity index (χ3v) is 4.45. The maximum Gasteiger partial charge on any atom is 0.217 e. The lowest BCUT2D eigenvalue weighted by atomic mass is 10.1. The zero-order valence-electron chi connectivity index (χ0n) is 17.5. The van der Waals surface area contributed by atoms with Crippen LogP contribution in [0.1, 0.15) is 12.5 Å². The van der Waals surface area contributed by atoms with Gasteiger partial charge >= 0.3 is 0 Å². The molecule has 7 nitrogen and oxygen atoms in total. The van der Waals surface area contributed by atoms with Gasteiger partial charge in [0, 0.05) is 6.92 Å². The maximum absolute atomic E-state index is 11.7. The van der Waals surface area contributed by atoms with Crippen LogP contribution < -0.4 is 19.5 Å². The van der Waals surface area contributed by atoms with E-state index in [1.54, 1.807) is 38.5 Å². The SMILES string of the molecule is C=C[C@@H](O)[C@@H](OCc1ccc(OC)cc1)[C@@H](COc1ccc(OC)cc1)NC(C)=O. The van der Waals surface area contributed by atoms with Crippen LogP contribution in [-0.4, -0.2) is 50.1 Å². The molecular formula is C23H29NO6. The number of benzene rings is 2. The molecule has 162 valence electrons. The van der Waals surface area contributed by atoms with Gasteiger partial charge < -0.3 is 29.4 Å². The summed E-state index contributed by atoms with van der Waals surface area (Å²) in [6.07, 6.45) is -0.382. The van der Waals surface area contributed by atoms with Crippen molar-refractivity contribution in [1.82, 2.24) is 5.32 Å². The minimum atomic E-state index is -1.00. The normalized spacial score (nSPS) is 13.6. The molecule has 2 aromatic carbocycles. The summed E-state index contributed by atoms with van der Waals surface area (Å²) in [5, 5.41) is 13.2. The van der Waals surface area contributed by atoms with Crippen molar-refractivity contribution in [3.63, 3.8) is 0 Å². The second-order valence-corrected chi connectivity index (χ2v) is 6.64. The van der Waals surface area contributed by atoms with E-state index in [2.05, 4.69) is 11.9 Å². The Morgan fingerprint density at radius 2 is 1.57 bits per heavy atom. The Kier molecular flexibility index (Phi) is 9.18. The van der Waals surface area contributed by atoms with Crippen molar-refractivity contribution in [3.05, 3.63) is 66.7 Å². The van der Waals surface area contributed by atoms with Crippen LogP contribution in [0.5, 0.6) is 17.2 Å². The first-order chi connectivity index (χ1) is 14.5. The number of aliphatic hydroxyl groups is 1. The Morgan fingerprint density at radius 3 is 2.07 bits per heavy atom. The third kappa shape index (κ3) is 7.09. The first-order valence-electron chi connectivity index (χ1n) is 9.56. The number of aliphatic hydroxyl groups excluding tert-OH is 1. The molecule has 0 saturated heterocycles. The molecule has 0 unspecified atom stereocenters. The van der Waals surface area contributed by atoms with Crippen LogP contribution in [0.3, 0.4) is 0 Å². The fourth-order valence-corrected chi connectivity index (χ4v) is 2.84. The fraction of sp³-hybridized carbons (Fsp3) is 0.348. The first kappa shape index (κ1) is 23.3. The number of methoxy groups -OCH3 is 2. The van der Waals surface area contributed by atoms with Crippen molar-refractivity contribution in [3.8, 4) is 17.2 Å². The van der Waals surface area contributed by atoms with E-state index in [-0.39, 0.29) is 19.1 Å². The second-order valence-electron chi connectivity index (χ2n) is 6.64. The van der Waals surface area contributed by atoms with Crippen LogP contribution in [0.4, 0.5) is 0 Å². The van der Waals surface area contributed by atoms with E-state index in [0.29, 0.717) is 11.5 Å². The molecule has 2 aromatic rings. The molecule has 7 heteroatoms. The molecule has 3 atom stereocenters. The summed E-state index contributed by atoms with van der Waals surface area (Å²) >= 11 is 0. The van der Waals surface area contributed by atoms with Gasteiger partial charge in [0.2, 0.25) is 5.91 Å². The van der Waals surface area contributed by atoms with E-state index in [1.807, 2.05) is 24.3 Å². The molecule has 0 fully saturated rings. The number of carbonyl (C=O) groups is 1. The van der Waals surface area contributed by atoms with Crippen LogP contribution in [0, 0.1) is 0 Å². The molecule has 2 rings (SSSR count). The van der Waals surface area contributed by atoms with Gasteiger partial charge in [-0.05, 0) is 42.0 Å². The maximum atomic E-state index is 11.7. The van der Waals surface area contributed by atoms with E-state index >= 15 is 0 Å². The number of nitrogens with one attached hydrogen (secondary N) is 1. The van der Waals surface area contributed by atoms with Gasteiger partial charge in [-0.15, -0.1) is 6.58 Å². The molecule has 0 aliphatic heterocycles. The summed E-state index contributed by atoms with van der Waals surface area (Å²) < 4.78 is 22.1. The number of hydrogen-bond acceptors (Lipinski definition) is 6. The predicted molar refractivity (Wildman–Crippen MR) is 114 cm³/mol. The number of rotatable bonds is 12. The summed E-state index contributed by atoms with van der Waals surface area (Å²) in [5.74, 6) is 1.80. The van der Waals surface area contributed by atoms with Crippen LogP contribution in [0.15, 0.2) is 61.2 Å². The van der Waals surface area contributed by atoms with Crippen LogP contribution >= 0.6 is 0 Å². The number of amides is 1. The molecule has 0 aliphatic carbocycles. The molecule has 0 heterocycles. The van der Waals surface area contributed by atoms with Gasteiger partial charge in [0.1, 0.15) is 36.1 Å². The summed E-state index contributed by atoms with van der Waals surface area (Å²) in [5.41, 5.74) is 0.898. The number of hydrogen-bond donors (Lipinski definition) is 2. The van der Waals surface area contributed by atoms with Crippen molar-refractivity contribution in [1.29, 1.82) is 0 Å². The minimum Gasteiger partial charge on any atom is -0.497 e. The molecular weight excluding hydrogens is 386 g/mol. The molecule has 0 bridgehead atoms. The van der Waals surface area contributed by atoms with E-state index < -0.39 is 18.2 Å². The van der Waals surface area contributed by atoms with Gasteiger partial charge in [-0.25, -0.2) is 0 Å². The minimum absolute atomic E-state index is 0.101. The molecule has 0 aliphatic rings. The monoisotopic (exact) mass is 415 g/mol. The Labute approximate surface area is 177 Å². The van der Waals surface area contributed by atoms with E-state index in [1.165, 1.54) is 13.0 Å². The molecule has 0 radical (unpaired) electrons. The van der Waals surface area contributed by atoms with Crippen LogP contribution in [0.2, 0.25) is 0 Å². The van der Waals surface area contributed by atoms with Gasteiger partial charge in [-0.3, -0.25) is 4.79 Å². The molecule has 0 aromatic heterocycles. The Balaban J connectivity index is 2.09. The highest BCUT2D eigenvalue weighted by Gasteiger charge is 2.29. The predicted octanol–water partition coefficient (Wildman–Crippen LogP) is 2.72. The van der Waals surface area contributed by atoms with Gasteiger partial charge in [-0.1, -0.05) is 18.2 Å². The zero-order valence-corrected chi connectivity index (χ0v) is 17.5. The largest absolute Gasteiger partial charge is 0.497 e. The quantitative estimate of drug-likeness (QED) is 0.519. The van der Waals surface area contributed by atoms with E-state index in [4.69, 9.17) is 18.9 Å². The second kappa shape index (κ2) is 11.8. The molecule has 0 saturated carbocycles. The van der Waals surface area contributed by atoms with Crippen molar-refractivity contribution < 1.29 is 28.8 Å². The van der Waals surface area contributed by atoms with Crippen molar-refractivity contribution in [2.24, 2.45) is 0 Å². The third-order valence-electron chi connectivity index (χ3n) is 4.45. The lowest BCUT2D eigenvalue weighted by Gasteiger charge is -2.30. The van der Waals surface area contributed by atoms with Gasteiger partial charge in [0.05, 0.1) is 26.9 Å². The van der Waals surface area contributed by atoms with Crippen molar-refractivity contribution in [2.75, 3.05) is 20.8 Å². The topological polar surface area (TPSA) is 86.2 Å². The first-order valence-corrected chi connectivity index (χ1v) is 9.56. The van der Waals surface area contributed by atoms with Gasteiger partial charge in [0.25, 0.3) is 0 Å². The Bertz CT molecular complexity index is 790. The molecule has 0 spiro atoms. The highest BCUT2D eigenvalue weighted by atomic mass is 16.5. The van der Waals surface area contributed by atoms with Crippen LogP contribution in [-0.2, 0) is 16.1 Å². The van der Waals surface area contributed by atoms with E-state index in [0.717, 1.165) is 11.3 Å². The summed E-state index contributed by atoms with van der Waals surface area (Å²) in [6, 6.07) is 13.9. The molecule has 30 heavy (non-hydrogen) atoms. The highest BCUT2D eigenvalue weighted by molar-refractivity contribution is 5.73. The van der Waals surface area contributed by atoms with Crippen LogP contribution in [0.25, 0.3) is 0 Å². The summed E-state index contributed by atoms with van der Waals surface area (Å²) in [4.78, 5) is 11.7. The number of ether oxygens (including phenoxy) is 4. The zero-order chi connectivity index (χ0) is 21.9. The average Bonchev–Trinajstić information content (AvgIpc) is 2.77. The summed E-state index contributed by atoms with van der Waals surface area (Å²) in [7, 11) is 3.19. The van der Waals surface area contributed by atoms with Gasteiger partial charge in [0.15, 0.2) is 0 Å². The lowest BCUT2D eigenvalue weighted by molar-refractivity contribution is -0.123. The van der Waals surface area contributed by atoms with Gasteiger partial charge in [-0.2, -0.15) is 0 Å². The molecule has 2 N–H and O–H groups in total. The Hall–Kier alpha value is -3.03. The summed E-state index contributed by atoms with van der Waals surface area (Å²) in [6.45, 7) is 5.38. The standard InChI is InChI=1S/C23H29NO6/c1-5-22(26)23(30-14-17-6-8-18(27-3)9-7-17)21(24-16(2)25)15-29-20-12-10-19(28-4)11-13-20/h5-13,21-23,26H,1,14-15H2,2-4H3,(H,24,25)/t21-,22-,23+/m1/s1. The van der Waals surface area contributed by atoms with Crippen molar-refractivity contribution in [2.45, 2.75) is 31.8 Å². The Morgan fingerprint density at radius 1 is 1.03 bits per heavy atom. The molecule has 1 amide bonds.